The van der Waals surface area contributed by atoms with Crippen molar-refractivity contribution in [1.29, 1.82) is 0 Å². The molecule has 1 aromatic heterocycles. The third-order valence-corrected chi connectivity index (χ3v) is 9.28. The fraction of sp³-hybridized carbons (Fsp3) is 0.273. The van der Waals surface area contributed by atoms with Gasteiger partial charge in [0, 0.05) is 28.9 Å². The summed E-state index contributed by atoms with van der Waals surface area (Å²) in [4.78, 5) is 20.4. The lowest BCUT2D eigenvalue weighted by Crippen LogP contribution is -2.33. The van der Waals surface area contributed by atoms with E-state index in [0.717, 1.165) is 46.6 Å². The number of carbonyl (C=O) groups excluding carboxylic acids is 1. The average molecular weight is 588 g/mol. The van der Waals surface area contributed by atoms with Gasteiger partial charge in [-0.3, -0.25) is 9.78 Å². The number of amides is 1. The maximum Gasteiger partial charge on any atom is 0.241 e. The molecular weight excluding hydrogens is 554 g/mol. The second-order valence-electron chi connectivity index (χ2n) is 10.7. The first-order chi connectivity index (χ1) is 19.7. The zero-order chi connectivity index (χ0) is 29.0. The van der Waals surface area contributed by atoms with Crippen LogP contribution in [0, 0.1) is 6.92 Å². The number of aryl methyl sites for hydroxylation is 2. The molecule has 0 bridgehead atoms. The lowest BCUT2D eigenvalue weighted by molar-refractivity contribution is -0.119. The van der Waals surface area contributed by atoms with Crippen LogP contribution in [-0.2, 0) is 27.8 Å². The van der Waals surface area contributed by atoms with E-state index < -0.39 is 16.1 Å². The quantitative estimate of drug-likeness (QED) is 0.226. The first-order valence-corrected chi connectivity index (χ1v) is 15.7. The highest BCUT2D eigenvalue weighted by Gasteiger charge is 2.28. The Kier molecular flexibility index (Phi) is 8.88. The first-order valence-electron chi connectivity index (χ1n) is 13.9. The number of sulfonamides is 1. The van der Waals surface area contributed by atoms with Crippen molar-refractivity contribution >= 4 is 33.2 Å². The molecule has 0 saturated carbocycles. The number of nitrogens with zero attached hydrogens (tertiary/aromatic N) is 2. The molecule has 6 nitrogen and oxygen atoms in total. The molecule has 3 aromatic carbocycles. The van der Waals surface area contributed by atoms with Crippen molar-refractivity contribution in [3.8, 4) is 0 Å². The van der Waals surface area contributed by atoms with E-state index in [1.807, 2.05) is 73.7 Å². The normalized spacial score (nSPS) is 15.6. The molecule has 8 heteroatoms. The van der Waals surface area contributed by atoms with Gasteiger partial charge in [-0.2, -0.15) is 0 Å². The SMILES string of the molecule is Cc1cccc(CN(C(=O)C[C@@H](C)c2ccccc2)c2ccc3c(c2)[C@H](NS(=O)(=O)c2cccc(Cl)c2)CCC3)n1. The summed E-state index contributed by atoms with van der Waals surface area (Å²) < 4.78 is 29.5. The van der Waals surface area contributed by atoms with Gasteiger partial charge in [-0.25, -0.2) is 13.1 Å². The Morgan fingerprint density at radius 2 is 1.80 bits per heavy atom. The molecule has 0 spiro atoms. The van der Waals surface area contributed by atoms with Gasteiger partial charge in [0.2, 0.25) is 15.9 Å². The van der Waals surface area contributed by atoms with Crippen molar-refractivity contribution in [2.75, 3.05) is 4.90 Å². The Morgan fingerprint density at radius 3 is 2.56 bits per heavy atom. The van der Waals surface area contributed by atoms with Crippen LogP contribution in [0.25, 0.3) is 0 Å². The fourth-order valence-electron chi connectivity index (χ4n) is 5.41. The Labute approximate surface area is 247 Å². The highest BCUT2D eigenvalue weighted by atomic mass is 35.5. The van der Waals surface area contributed by atoms with Crippen LogP contribution in [0.5, 0.6) is 0 Å². The zero-order valence-corrected chi connectivity index (χ0v) is 24.8. The Hall–Kier alpha value is -3.52. The molecule has 2 atom stereocenters. The summed E-state index contributed by atoms with van der Waals surface area (Å²) in [5, 5.41) is 0.364. The molecule has 0 aliphatic heterocycles. The van der Waals surface area contributed by atoms with Gasteiger partial charge in [0.1, 0.15) is 0 Å². The Balaban J connectivity index is 1.47. The van der Waals surface area contributed by atoms with Crippen LogP contribution in [0.3, 0.4) is 0 Å². The molecule has 0 radical (unpaired) electrons. The van der Waals surface area contributed by atoms with E-state index in [-0.39, 0.29) is 16.7 Å². The van der Waals surface area contributed by atoms with Crippen LogP contribution >= 0.6 is 11.6 Å². The van der Waals surface area contributed by atoms with Crippen molar-refractivity contribution in [3.63, 3.8) is 0 Å². The molecule has 0 saturated heterocycles. The minimum atomic E-state index is -3.80. The molecule has 4 aromatic rings. The highest BCUT2D eigenvalue weighted by molar-refractivity contribution is 7.89. The summed E-state index contributed by atoms with van der Waals surface area (Å²) in [6, 6.07) is 27.6. The summed E-state index contributed by atoms with van der Waals surface area (Å²) in [5.41, 5.74) is 5.49. The number of benzene rings is 3. The molecule has 41 heavy (non-hydrogen) atoms. The third kappa shape index (κ3) is 7.04. The highest BCUT2D eigenvalue weighted by Crippen LogP contribution is 2.35. The van der Waals surface area contributed by atoms with Crippen molar-refractivity contribution in [2.45, 2.75) is 62.9 Å². The van der Waals surface area contributed by atoms with Crippen molar-refractivity contribution in [2.24, 2.45) is 0 Å². The molecule has 0 unspecified atom stereocenters. The molecular formula is C33H34ClN3O3S. The van der Waals surface area contributed by atoms with E-state index in [9.17, 15) is 13.2 Å². The predicted molar refractivity (Wildman–Crippen MR) is 164 cm³/mol. The van der Waals surface area contributed by atoms with Crippen LogP contribution in [0.2, 0.25) is 5.02 Å². The smallest absolute Gasteiger partial charge is 0.241 e. The standard InChI is InChI=1S/C33H34ClN3O3S/c1-23(25-10-4-3-5-11-25)19-33(38)37(22-28-14-6-9-24(2)35-28)29-18-17-26-12-7-16-32(31(26)21-29)36-41(39,40)30-15-8-13-27(34)20-30/h3-6,8-11,13-15,17-18,20-21,23,32,36H,7,12,16,19,22H2,1-2H3/t23-,32-/m1/s1. The second-order valence-corrected chi connectivity index (χ2v) is 12.8. The van der Waals surface area contributed by atoms with Crippen molar-refractivity contribution in [1.82, 2.24) is 9.71 Å². The van der Waals surface area contributed by atoms with E-state index in [1.54, 1.807) is 17.0 Å². The summed E-state index contributed by atoms with van der Waals surface area (Å²) in [7, 11) is -3.80. The Morgan fingerprint density at radius 1 is 1.02 bits per heavy atom. The molecule has 0 fully saturated rings. The zero-order valence-electron chi connectivity index (χ0n) is 23.3. The number of halogens is 1. The number of aromatic nitrogens is 1. The monoisotopic (exact) mass is 587 g/mol. The number of rotatable bonds is 9. The van der Waals surface area contributed by atoms with E-state index in [4.69, 9.17) is 11.6 Å². The number of hydrogen-bond acceptors (Lipinski definition) is 4. The fourth-order valence-corrected chi connectivity index (χ4v) is 6.96. The van der Waals surface area contributed by atoms with Gasteiger partial charge in [0.25, 0.3) is 0 Å². The van der Waals surface area contributed by atoms with Crippen LogP contribution in [0.15, 0.2) is 95.9 Å². The van der Waals surface area contributed by atoms with Gasteiger partial charge in [-0.1, -0.05) is 67.1 Å². The number of anilines is 1. The van der Waals surface area contributed by atoms with E-state index in [1.165, 1.54) is 12.1 Å². The molecule has 5 rings (SSSR count). The van der Waals surface area contributed by atoms with Crippen LogP contribution in [0.4, 0.5) is 5.69 Å². The summed E-state index contributed by atoms with van der Waals surface area (Å²) in [6.45, 7) is 4.31. The van der Waals surface area contributed by atoms with E-state index >= 15 is 0 Å². The van der Waals surface area contributed by atoms with Crippen LogP contribution in [-0.4, -0.2) is 19.3 Å². The average Bonchev–Trinajstić information content (AvgIpc) is 2.96. The number of carbonyl (C=O) groups is 1. The first kappa shape index (κ1) is 29.0. The number of nitrogens with one attached hydrogen (secondary N) is 1. The lowest BCUT2D eigenvalue weighted by atomic mass is 9.87. The second kappa shape index (κ2) is 12.6. The minimum absolute atomic E-state index is 0.0172. The van der Waals surface area contributed by atoms with Crippen molar-refractivity contribution in [3.05, 3.63) is 124 Å². The van der Waals surface area contributed by atoms with E-state index in [2.05, 4.69) is 16.6 Å². The largest absolute Gasteiger partial charge is 0.306 e. The van der Waals surface area contributed by atoms with Gasteiger partial charge < -0.3 is 4.90 Å². The van der Waals surface area contributed by atoms with Crippen LogP contribution in [0.1, 0.15) is 66.2 Å². The molecule has 1 aliphatic carbocycles. The summed E-state index contributed by atoms with van der Waals surface area (Å²) in [6.07, 6.45) is 2.70. The van der Waals surface area contributed by atoms with Gasteiger partial charge in [0.15, 0.2) is 0 Å². The summed E-state index contributed by atoms with van der Waals surface area (Å²) >= 11 is 6.08. The molecule has 1 N–H and O–H groups in total. The topological polar surface area (TPSA) is 79.4 Å². The van der Waals surface area contributed by atoms with Gasteiger partial charge in [0.05, 0.1) is 17.1 Å². The van der Waals surface area contributed by atoms with Gasteiger partial charge in [-0.05, 0) is 91.3 Å². The van der Waals surface area contributed by atoms with Crippen molar-refractivity contribution < 1.29 is 13.2 Å². The third-order valence-electron chi connectivity index (χ3n) is 7.58. The number of fused-ring (bicyclic) bond motifs is 1. The lowest BCUT2D eigenvalue weighted by Gasteiger charge is -2.30. The van der Waals surface area contributed by atoms with E-state index in [0.29, 0.717) is 24.4 Å². The van der Waals surface area contributed by atoms with Gasteiger partial charge >= 0.3 is 0 Å². The predicted octanol–water partition coefficient (Wildman–Crippen LogP) is 7.13. The molecule has 212 valence electrons. The number of pyridine rings is 1. The minimum Gasteiger partial charge on any atom is -0.306 e. The number of hydrogen-bond donors (Lipinski definition) is 1. The Bertz CT molecular complexity index is 1640. The maximum absolute atomic E-state index is 13.9. The molecule has 1 amide bonds. The summed E-state index contributed by atoms with van der Waals surface area (Å²) in [5.74, 6) is 0.0167. The molecule has 1 aliphatic rings. The maximum atomic E-state index is 13.9. The molecule has 1 heterocycles. The van der Waals surface area contributed by atoms with Gasteiger partial charge in [-0.15, -0.1) is 0 Å². The van der Waals surface area contributed by atoms with Crippen LogP contribution < -0.4 is 9.62 Å².